The van der Waals surface area contributed by atoms with E-state index in [1.807, 2.05) is 17.4 Å². The Morgan fingerprint density at radius 2 is 2.05 bits per heavy atom. The zero-order valence-corrected chi connectivity index (χ0v) is 12.6. The third kappa shape index (κ3) is 2.61. The average Bonchev–Trinajstić information content (AvgIpc) is 2.98. The monoisotopic (exact) mass is 289 g/mol. The lowest BCUT2D eigenvalue weighted by Gasteiger charge is -2.27. The van der Waals surface area contributed by atoms with E-state index in [9.17, 15) is 0 Å². The number of rotatable bonds is 4. The van der Waals surface area contributed by atoms with Gasteiger partial charge in [0.15, 0.2) is 11.5 Å². The molecule has 3 rings (SSSR count). The van der Waals surface area contributed by atoms with Crippen molar-refractivity contribution < 1.29 is 9.47 Å². The van der Waals surface area contributed by atoms with Gasteiger partial charge >= 0.3 is 0 Å². The van der Waals surface area contributed by atoms with Crippen molar-refractivity contribution >= 4 is 17.0 Å². The molecule has 1 N–H and O–H groups in total. The largest absolute Gasteiger partial charge is 0.493 e. The van der Waals surface area contributed by atoms with Gasteiger partial charge in [0.05, 0.1) is 14.2 Å². The Morgan fingerprint density at radius 3 is 2.75 bits per heavy atom. The van der Waals surface area contributed by atoms with E-state index in [1.54, 1.807) is 14.2 Å². The number of thiophene rings is 1. The van der Waals surface area contributed by atoms with Crippen LogP contribution < -0.4 is 14.8 Å². The van der Waals surface area contributed by atoms with Gasteiger partial charge in [-0.2, -0.15) is 0 Å². The van der Waals surface area contributed by atoms with Gasteiger partial charge in [0.25, 0.3) is 0 Å². The fourth-order valence-corrected chi connectivity index (χ4v) is 3.57. The van der Waals surface area contributed by atoms with Crippen LogP contribution in [0.4, 0.5) is 5.69 Å². The summed E-state index contributed by atoms with van der Waals surface area (Å²) in [5.74, 6) is 2.24. The first-order chi connectivity index (χ1) is 9.80. The molecule has 0 radical (unpaired) electrons. The first kappa shape index (κ1) is 13.3. The fourth-order valence-electron chi connectivity index (χ4n) is 2.75. The fraction of sp³-hybridized carbons (Fsp3) is 0.375. The van der Waals surface area contributed by atoms with E-state index in [1.165, 1.54) is 16.1 Å². The summed E-state index contributed by atoms with van der Waals surface area (Å²) < 4.78 is 10.7. The molecule has 1 aromatic heterocycles. The SMILES string of the molecule is COc1cc2c(cc1OC)NCC(Cc1cccs1)C2. The first-order valence-corrected chi connectivity index (χ1v) is 7.69. The third-order valence-corrected chi connectivity index (χ3v) is 4.67. The van der Waals surface area contributed by atoms with Crippen LogP contribution in [0.25, 0.3) is 0 Å². The van der Waals surface area contributed by atoms with Crippen molar-refractivity contribution in [3.8, 4) is 11.5 Å². The first-order valence-electron chi connectivity index (χ1n) is 6.81. The summed E-state index contributed by atoms with van der Waals surface area (Å²) in [7, 11) is 3.36. The van der Waals surface area contributed by atoms with Crippen molar-refractivity contribution in [2.45, 2.75) is 12.8 Å². The predicted molar refractivity (Wildman–Crippen MR) is 83.3 cm³/mol. The zero-order chi connectivity index (χ0) is 13.9. The Kier molecular flexibility index (Phi) is 3.83. The van der Waals surface area contributed by atoms with Gasteiger partial charge in [-0.15, -0.1) is 11.3 Å². The van der Waals surface area contributed by atoms with Crippen LogP contribution in [0.5, 0.6) is 11.5 Å². The van der Waals surface area contributed by atoms with Crippen LogP contribution in [0.2, 0.25) is 0 Å². The van der Waals surface area contributed by atoms with Crippen LogP contribution in [-0.4, -0.2) is 20.8 Å². The lowest BCUT2D eigenvalue weighted by molar-refractivity contribution is 0.354. The molecule has 0 amide bonds. The molecule has 4 heteroatoms. The smallest absolute Gasteiger partial charge is 0.162 e. The van der Waals surface area contributed by atoms with E-state index in [-0.39, 0.29) is 0 Å². The number of anilines is 1. The van der Waals surface area contributed by atoms with Crippen LogP contribution in [0.1, 0.15) is 10.4 Å². The number of hydrogen-bond acceptors (Lipinski definition) is 4. The van der Waals surface area contributed by atoms with Gasteiger partial charge < -0.3 is 14.8 Å². The maximum Gasteiger partial charge on any atom is 0.162 e. The number of benzene rings is 1. The Morgan fingerprint density at radius 1 is 1.25 bits per heavy atom. The minimum Gasteiger partial charge on any atom is -0.493 e. The van der Waals surface area contributed by atoms with Crippen molar-refractivity contribution in [2.24, 2.45) is 5.92 Å². The van der Waals surface area contributed by atoms with E-state index in [4.69, 9.17) is 9.47 Å². The molecule has 1 unspecified atom stereocenters. The summed E-state index contributed by atoms with van der Waals surface area (Å²) in [6.45, 7) is 1.01. The van der Waals surface area contributed by atoms with Crippen molar-refractivity contribution in [1.82, 2.24) is 0 Å². The number of fused-ring (bicyclic) bond motifs is 1. The number of hydrogen-bond donors (Lipinski definition) is 1. The van der Waals surface area contributed by atoms with Crippen molar-refractivity contribution in [1.29, 1.82) is 0 Å². The predicted octanol–water partition coefficient (Wildman–Crippen LogP) is 3.59. The zero-order valence-electron chi connectivity index (χ0n) is 11.8. The van der Waals surface area contributed by atoms with Crippen molar-refractivity contribution in [3.05, 3.63) is 40.1 Å². The maximum absolute atomic E-state index is 5.39. The van der Waals surface area contributed by atoms with Crippen LogP contribution in [0, 0.1) is 5.92 Å². The van der Waals surface area contributed by atoms with Crippen LogP contribution >= 0.6 is 11.3 Å². The van der Waals surface area contributed by atoms with Crippen LogP contribution in [0.3, 0.4) is 0 Å². The molecule has 2 heterocycles. The van der Waals surface area contributed by atoms with Crippen molar-refractivity contribution in [2.75, 3.05) is 26.1 Å². The molecule has 0 saturated carbocycles. The van der Waals surface area contributed by atoms with E-state index in [2.05, 4.69) is 28.9 Å². The Labute approximate surface area is 123 Å². The van der Waals surface area contributed by atoms with Crippen molar-refractivity contribution in [3.63, 3.8) is 0 Å². The number of nitrogens with one attached hydrogen (secondary N) is 1. The van der Waals surface area contributed by atoms with E-state index >= 15 is 0 Å². The molecule has 0 saturated heterocycles. The third-order valence-electron chi connectivity index (χ3n) is 3.77. The molecule has 106 valence electrons. The van der Waals surface area contributed by atoms with Gasteiger partial charge in [0, 0.05) is 23.2 Å². The van der Waals surface area contributed by atoms with E-state index in [0.29, 0.717) is 5.92 Å². The highest BCUT2D eigenvalue weighted by molar-refractivity contribution is 7.09. The molecule has 1 atom stereocenters. The lowest BCUT2D eigenvalue weighted by atomic mass is 9.90. The Balaban J connectivity index is 1.80. The second kappa shape index (κ2) is 5.75. The lowest BCUT2D eigenvalue weighted by Crippen LogP contribution is -2.24. The van der Waals surface area contributed by atoms with E-state index < -0.39 is 0 Å². The molecule has 0 aliphatic carbocycles. The molecule has 3 nitrogen and oxygen atoms in total. The van der Waals surface area contributed by atoms with Crippen LogP contribution in [0.15, 0.2) is 29.6 Å². The Hall–Kier alpha value is -1.68. The highest BCUT2D eigenvalue weighted by atomic mass is 32.1. The minimum atomic E-state index is 0.638. The van der Waals surface area contributed by atoms with Gasteiger partial charge in [0.2, 0.25) is 0 Å². The van der Waals surface area contributed by atoms with Crippen LogP contribution in [-0.2, 0) is 12.8 Å². The normalized spacial score (nSPS) is 17.2. The molecular weight excluding hydrogens is 270 g/mol. The number of ether oxygens (including phenoxy) is 2. The minimum absolute atomic E-state index is 0.638. The molecule has 0 bridgehead atoms. The molecule has 0 spiro atoms. The molecule has 1 aliphatic heterocycles. The second-order valence-corrected chi connectivity index (χ2v) is 6.13. The van der Waals surface area contributed by atoms with Gasteiger partial charge in [-0.3, -0.25) is 0 Å². The van der Waals surface area contributed by atoms with Gasteiger partial charge in [-0.25, -0.2) is 0 Å². The van der Waals surface area contributed by atoms with Gasteiger partial charge in [-0.1, -0.05) is 6.07 Å². The molecular formula is C16H19NO2S. The molecule has 20 heavy (non-hydrogen) atoms. The van der Waals surface area contributed by atoms with Gasteiger partial charge in [0.1, 0.15) is 0 Å². The number of methoxy groups -OCH3 is 2. The summed E-state index contributed by atoms with van der Waals surface area (Å²) >= 11 is 1.84. The van der Waals surface area contributed by atoms with Gasteiger partial charge in [-0.05, 0) is 41.8 Å². The molecule has 1 aromatic carbocycles. The molecule has 0 fully saturated rings. The summed E-state index contributed by atoms with van der Waals surface area (Å²) in [5, 5.41) is 5.67. The molecule has 1 aliphatic rings. The Bertz CT molecular complexity index is 580. The quantitative estimate of drug-likeness (QED) is 0.933. The topological polar surface area (TPSA) is 30.5 Å². The standard InChI is InChI=1S/C16H19NO2S/c1-18-15-8-12-6-11(7-13-4-3-5-20-13)10-17-14(12)9-16(15)19-2/h3-5,8-9,11,17H,6-7,10H2,1-2H3. The highest BCUT2D eigenvalue weighted by Gasteiger charge is 2.21. The maximum atomic E-state index is 5.39. The summed E-state index contributed by atoms with van der Waals surface area (Å²) in [6.07, 6.45) is 2.22. The second-order valence-electron chi connectivity index (χ2n) is 5.10. The highest BCUT2D eigenvalue weighted by Crippen LogP contribution is 2.37. The van der Waals surface area contributed by atoms with E-state index in [0.717, 1.165) is 30.9 Å². The summed E-state index contributed by atoms with van der Waals surface area (Å²) in [4.78, 5) is 1.46. The molecule has 2 aromatic rings. The summed E-state index contributed by atoms with van der Waals surface area (Å²) in [5.41, 5.74) is 2.49. The average molecular weight is 289 g/mol. The summed E-state index contributed by atoms with van der Waals surface area (Å²) in [6, 6.07) is 8.48.